The van der Waals surface area contributed by atoms with Crippen molar-refractivity contribution in [1.82, 2.24) is 5.32 Å². The Hall–Kier alpha value is -2.89. The van der Waals surface area contributed by atoms with Gasteiger partial charge in [-0.1, -0.05) is 43.2 Å². The normalized spacial score (nSPS) is 16.1. The minimum Gasteiger partial charge on any atom is -0.496 e. The molecule has 1 fully saturated rings. The Morgan fingerprint density at radius 1 is 1.10 bits per heavy atom. The van der Waals surface area contributed by atoms with Crippen molar-refractivity contribution >= 4 is 11.9 Å². The summed E-state index contributed by atoms with van der Waals surface area (Å²) in [7, 11) is 1.57. The van der Waals surface area contributed by atoms with Gasteiger partial charge in [0.05, 0.1) is 12.5 Å². The third kappa shape index (κ3) is 4.58. The van der Waals surface area contributed by atoms with Gasteiger partial charge in [-0.05, 0) is 43.5 Å². The zero-order valence-corrected chi connectivity index (χ0v) is 16.7. The number of carbonyl (C=O) groups excluding carboxylic acids is 2. The van der Waals surface area contributed by atoms with Gasteiger partial charge in [-0.2, -0.15) is 0 Å². The van der Waals surface area contributed by atoms with Gasteiger partial charge in [0.25, 0.3) is 5.91 Å². The van der Waals surface area contributed by atoms with Crippen molar-refractivity contribution < 1.29 is 23.5 Å². The molecule has 0 saturated heterocycles. The summed E-state index contributed by atoms with van der Waals surface area (Å²) in [6, 6.07) is 13.4. The minimum absolute atomic E-state index is 0.272. The number of amides is 1. The number of hydrogen-bond donors (Lipinski definition) is 1. The molecule has 1 N–H and O–H groups in total. The number of hydrogen-bond acceptors (Lipinski definition) is 4. The van der Waals surface area contributed by atoms with Crippen molar-refractivity contribution in [3.05, 3.63) is 65.5 Å². The van der Waals surface area contributed by atoms with Gasteiger partial charge < -0.3 is 14.8 Å². The summed E-state index contributed by atoms with van der Waals surface area (Å²) in [6.07, 6.45) is 2.11. The van der Waals surface area contributed by atoms with Crippen LogP contribution in [0.4, 0.5) is 4.39 Å². The number of nitrogens with one attached hydrogen (secondary N) is 1. The zero-order valence-electron chi connectivity index (χ0n) is 16.7. The van der Waals surface area contributed by atoms with Crippen molar-refractivity contribution in [3.8, 4) is 5.75 Å². The average molecular weight is 399 g/mol. The van der Waals surface area contributed by atoms with Gasteiger partial charge in [0.1, 0.15) is 11.6 Å². The number of methoxy groups -OCH3 is 1. The lowest BCUT2D eigenvalue weighted by Crippen LogP contribution is -2.41. The highest BCUT2D eigenvalue weighted by Crippen LogP contribution is 2.42. The number of para-hydroxylation sites is 1. The maximum atomic E-state index is 13.3. The van der Waals surface area contributed by atoms with Gasteiger partial charge in [-0.3, -0.25) is 9.59 Å². The molecule has 1 amide bonds. The summed E-state index contributed by atoms with van der Waals surface area (Å²) >= 11 is 0. The third-order valence-electron chi connectivity index (χ3n) is 5.54. The summed E-state index contributed by atoms with van der Waals surface area (Å²) in [5, 5.41) is 2.78. The Labute approximate surface area is 170 Å². The number of ether oxygens (including phenoxy) is 2. The maximum absolute atomic E-state index is 13.3. The molecule has 1 atom stereocenters. The first-order valence-corrected chi connectivity index (χ1v) is 9.83. The Morgan fingerprint density at radius 2 is 1.76 bits per heavy atom. The molecule has 3 rings (SSSR count). The smallest absolute Gasteiger partial charge is 0.317 e. The Balaban J connectivity index is 1.65. The van der Waals surface area contributed by atoms with E-state index in [1.807, 2.05) is 24.3 Å². The predicted molar refractivity (Wildman–Crippen MR) is 107 cm³/mol. The molecule has 1 saturated carbocycles. The van der Waals surface area contributed by atoms with Gasteiger partial charge in [-0.25, -0.2) is 4.39 Å². The first-order valence-electron chi connectivity index (χ1n) is 9.83. The van der Waals surface area contributed by atoms with E-state index < -0.39 is 17.5 Å². The summed E-state index contributed by atoms with van der Waals surface area (Å²) in [4.78, 5) is 25.5. The van der Waals surface area contributed by atoms with Crippen LogP contribution < -0.4 is 10.1 Å². The van der Waals surface area contributed by atoms with E-state index >= 15 is 0 Å². The predicted octanol–water partition coefficient (Wildman–Crippen LogP) is 3.89. The highest BCUT2D eigenvalue weighted by molar-refractivity contribution is 5.88. The molecule has 29 heavy (non-hydrogen) atoms. The van der Waals surface area contributed by atoms with E-state index in [4.69, 9.17) is 9.47 Å². The molecule has 6 heteroatoms. The molecular weight excluding hydrogens is 373 g/mol. The summed E-state index contributed by atoms with van der Waals surface area (Å²) in [6.45, 7) is 1.83. The van der Waals surface area contributed by atoms with Crippen LogP contribution in [0.25, 0.3) is 0 Å². The van der Waals surface area contributed by atoms with Crippen LogP contribution in [0.3, 0.4) is 0 Å². The number of esters is 1. The Morgan fingerprint density at radius 3 is 2.41 bits per heavy atom. The summed E-state index contributed by atoms with van der Waals surface area (Å²) < 4.78 is 24.1. The van der Waals surface area contributed by atoms with Crippen LogP contribution in [-0.2, 0) is 26.3 Å². The lowest BCUT2D eigenvalue weighted by Gasteiger charge is -2.28. The standard InChI is InChI=1S/C23H26FNO4/c1-16(21(26)25-15-17-7-3-4-8-20(17)28-2)29-22(27)23(13-5-6-14-23)18-9-11-19(24)12-10-18/h3-4,7-12,16H,5-6,13-15H2,1-2H3,(H,25,26)/t16-/m0/s1. The van der Waals surface area contributed by atoms with E-state index in [-0.39, 0.29) is 18.3 Å². The molecule has 0 aliphatic heterocycles. The molecule has 0 bridgehead atoms. The van der Waals surface area contributed by atoms with Crippen LogP contribution in [0.2, 0.25) is 0 Å². The van der Waals surface area contributed by atoms with Gasteiger partial charge in [0, 0.05) is 12.1 Å². The number of benzene rings is 2. The molecule has 0 heterocycles. The number of rotatable bonds is 7. The molecule has 154 valence electrons. The van der Waals surface area contributed by atoms with Crippen molar-refractivity contribution in [1.29, 1.82) is 0 Å². The molecule has 1 aliphatic rings. The molecule has 0 unspecified atom stereocenters. The first kappa shape index (κ1) is 20.8. The maximum Gasteiger partial charge on any atom is 0.317 e. The van der Waals surface area contributed by atoms with Gasteiger partial charge in [0.15, 0.2) is 6.10 Å². The summed E-state index contributed by atoms with van der Waals surface area (Å²) in [5.74, 6) is -0.476. The highest BCUT2D eigenvalue weighted by Gasteiger charge is 2.45. The number of halogens is 1. The lowest BCUT2D eigenvalue weighted by atomic mass is 9.79. The second-order valence-electron chi connectivity index (χ2n) is 7.37. The second kappa shape index (κ2) is 9.07. The van der Waals surface area contributed by atoms with Crippen LogP contribution in [-0.4, -0.2) is 25.1 Å². The molecule has 0 spiro atoms. The fraction of sp³-hybridized carbons (Fsp3) is 0.391. The molecular formula is C23H26FNO4. The molecule has 5 nitrogen and oxygen atoms in total. The highest BCUT2D eigenvalue weighted by atomic mass is 19.1. The average Bonchev–Trinajstić information content (AvgIpc) is 3.23. The number of carbonyl (C=O) groups is 2. The van der Waals surface area contributed by atoms with E-state index in [2.05, 4.69) is 5.32 Å². The van der Waals surface area contributed by atoms with Crippen LogP contribution in [0, 0.1) is 5.82 Å². The molecule has 2 aromatic carbocycles. The summed E-state index contributed by atoms with van der Waals surface area (Å²) in [5.41, 5.74) is 0.758. The fourth-order valence-electron chi connectivity index (χ4n) is 3.86. The minimum atomic E-state index is -0.935. The van der Waals surface area contributed by atoms with Gasteiger partial charge in [0.2, 0.25) is 0 Å². The van der Waals surface area contributed by atoms with Crippen LogP contribution in [0.5, 0.6) is 5.75 Å². The van der Waals surface area contributed by atoms with Gasteiger partial charge in [-0.15, -0.1) is 0 Å². The van der Waals surface area contributed by atoms with E-state index in [1.54, 1.807) is 26.2 Å². The van der Waals surface area contributed by atoms with Crippen molar-refractivity contribution in [2.24, 2.45) is 0 Å². The van der Waals surface area contributed by atoms with E-state index in [0.717, 1.165) is 24.0 Å². The SMILES string of the molecule is COc1ccccc1CNC(=O)[C@H](C)OC(=O)C1(c2ccc(F)cc2)CCCC1. The zero-order chi connectivity index (χ0) is 20.9. The van der Waals surface area contributed by atoms with Crippen molar-refractivity contribution in [3.63, 3.8) is 0 Å². The second-order valence-corrected chi connectivity index (χ2v) is 7.37. The molecule has 2 aromatic rings. The Bertz CT molecular complexity index is 859. The largest absolute Gasteiger partial charge is 0.496 e. The molecule has 0 radical (unpaired) electrons. The monoisotopic (exact) mass is 399 g/mol. The van der Waals surface area contributed by atoms with E-state index in [9.17, 15) is 14.0 Å². The van der Waals surface area contributed by atoms with E-state index in [1.165, 1.54) is 12.1 Å². The van der Waals surface area contributed by atoms with Gasteiger partial charge >= 0.3 is 5.97 Å². The first-order chi connectivity index (χ1) is 14.0. The van der Waals surface area contributed by atoms with Crippen LogP contribution in [0.1, 0.15) is 43.7 Å². The Kier molecular flexibility index (Phi) is 6.52. The quantitative estimate of drug-likeness (QED) is 0.718. The van der Waals surface area contributed by atoms with Crippen molar-refractivity contribution in [2.75, 3.05) is 7.11 Å². The third-order valence-corrected chi connectivity index (χ3v) is 5.54. The van der Waals surface area contributed by atoms with Crippen LogP contribution >= 0.6 is 0 Å². The lowest BCUT2D eigenvalue weighted by molar-refractivity contribution is -0.160. The fourth-order valence-corrected chi connectivity index (χ4v) is 3.86. The molecule has 1 aliphatic carbocycles. The topological polar surface area (TPSA) is 64.6 Å². The van der Waals surface area contributed by atoms with E-state index in [0.29, 0.717) is 18.6 Å². The van der Waals surface area contributed by atoms with Crippen molar-refractivity contribution in [2.45, 2.75) is 50.7 Å². The molecule has 0 aromatic heterocycles. The van der Waals surface area contributed by atoms with Crippen LogP contribution in [0.15, 0.2) is 48.5 Å².